The van der Waals surface area contributed by atoms with Crippen LogP contribution in [-0.4, -0.2) is 35.9 Å². The summed E-state index contributed by atoms with van der Waals surface area (Å²) in [6.45, 7) is 1.07. The van der Waals surface area contributed by atoms with E-state index in [9.17, 15) is 4.79 Å². The lowest BCUT2D eigenvalue weighted by molar-refractivity contribution is -0.117. The number of hydrogen-bond donors (Lipinski definition) is 0. The number of fused-ring (bicyclic) bond motifs is 1. The number of halogens is 1. The van der Waals surface area contributed by atoms with Crippen LogP contribution in [-0.2, 0) is 18.3 Å². The van der Waals surface area contributed by atoms with Gasteiger partial charge in [-0.25, -0.2) is 0 Å². The third-order valence-electron chi connectivity index (χ3n) is 3.51. The minimum atomic E-state index is -0.0228. The Morgan fingerprint density at radius 3 is 2.68 bits per heavy atom. The van der Waals surface area contributed by atoms with Gasteiger partial charge in [0.2, 0.25) is 5.91 Å². The number of aromatic nitrogens is 2. The summed E-state index contributed by atoms with van der Waals surface area (Å²) in [6.07, 6.45) is 3.73. The minimum absolute atomic E-state index is 0.0228. The highest BCUT2D eigenvalue weighted by Crippen LogP contribution is 2.35. The van der Waals surface area contributed by atoms with Crippen LogP contribution in [0.2, 0.25) is 0 Å². The molecule has 6 nitrogen and oxygen atoms in total. The summed E-state index contributed by atoms with van der Waals surface area (Å²) in [5.74, 6) is 1.36. The second-order valence-electron chi connectivity index (χ2n) is 5.09. The third kappa shape index (κ3) is 2.94. The van der Waals surface area contributed by atoms with Crippen LogP contribution in [0.5, 0.6) is 11.5 Å². The molecule has 2 heterocycles. The van der Waals surface area contributed by atoms with Crippen LogP contribution >= 0.6 is 15.9 Å². The quantitative estimate of drug-likeness (QED) is 0.836. The molecule has 1 aliphatic heterocycles. The highest BCUT2D eigenvalue weighted by molar-refractivity contribution is 9.10. The van der Waals surface area contributed by atoms with Gasteiger partial charge in [0.05, 0.1) is 18.3 Å². The van der Waals surface area contributed by atoms with Gasteiger partial charge in [-0.3, -0.25) is 9.48 Å². The topological polar surface area (TPSA) is 56.6 Å². The number of ether oxygens (including phenoxy) is 2. The first-order valence-electron chi connectivity index (χ1n) is 6.88. The first-order chi connectivity index (χ1) is 10.5. The van der Waals surface area contributed by atoms with Gasteiger partial charge in [0.15, 0.2) is 11.5 Å². The van der Waals surface area contributed by atoms with Crippen molar-refractivity contribution in [2.45, 2.75) is 6.42 Å². The maximum atomic E-state index is 12.4. The maximum Gasteiger partial charge on any atom is 0.231 e. The fraction of sp³-hybridized carbons (Fsp3) is 0.333. The van der Waals surface area contributed by atoms with Gasteiger partial charge in [0.25, 0.3) is 0 Å². The number of amides is 1. The molecule has 0 aliphatic carbocycles. The molecule has 0 radical (unpaired) electrons. The van der Waals surface area contributed by atoms with Crippen molar-refractivity contribution >= 4 is 27.5 Å². The molecule has 7 heteroatoms. The fourth-order valence-corrected chi connectivity index (χ4v) is 2.71. The van der Waals surface area contributed by atoms with Crippen LogP contribution in [0, 0.1) is 0 Å². The van der Waals surface area contributed by atoms with Crippen LogP contribution in [0.1, 0.15) is 5.56 Å². The number of carbonyl (C=O) groups is 1. The largest absolute Gasteiger partial charge is 0.486 e. The van der Waals surface area contributed by atoms with E-state index in [0.717, 1.165) is 15.7 Å². The number of carbonyl (C=O) groups excluding carboxylic acids is 1. The molecule has 0 spiro atoms. The molecule has 1 aromatic heterocycles. The number of anilines is 1. The monoisotopic (exact) mass is 365 g/mol. The van der Waals surface area contributed by atoms with Gasteiger partial charge < -0.3 is 14.4 Å². The second-order valence-corrected chi connectivity index (χ2v) is 5.94. The number of nitrogens with zero attached hydrogens (tertiary/aromatic N) is 3. The molecule has 116 valence electrons. The number of rotatable bonds is 3. The molecule has 0 fully saturated rings. The summed E-state index contributed by atoms with van der Waals surface area (Å²) >= 11 is 3.49. The Labute approximate surface area is 136 Å². The van der Waals surface area contributed by atoms with E-state index in [0.29, 0.717) is 24.7 Å². The van der Waals surface area contributed by atoms with E-state index in [4.69, 9.17) is 9.47 Å². The Hall–Kier alpha value is -2.02. The van der Waals surface area contributed by atoms with E-state index in [1.54, 1.807) is 29.0 Å². The Morgan fingerprint density at radius 2 is 2.05 bits per heavy atom. The lowest BCUT2D eigenvalue weighted by Crippen LogP contribution is -2.27. The number of hydrogen-bond acceptors (Lipinski definition) is 4. The van der Waals surface area contributed by atoms with Crippen molar-refractivity contribution in [2.24, 2.45) is 7.05 Å². The summed E-state index contributed by atoms with van der Waals surface area (Å²) < 4.78 is 13.6. The molecule has 3 rings (SSSR count). The molecule has 1 aliphatic rings. The van der Waals surface area contributed by atoms with Crippen molar-refractivity contribution < 1.29 is 14.3 Å². The van der Waals surface area contributed by atoms with Crippen LogP contribution in [0.3, 0.4) is 0 Å². The van der Waals surface area contributed by atoms with Crippen LogP contribution in [0.15, 0.2) is 29.0 Å². The van der Waals surface area contributed by atoms with E-state index in [1.165, 1.54) is 0 Å². The van der Waals surface area contributed by atoms with Crippen molar-refractivity contribution in [3.8, 4) is 11.5 Å². The smallest absolute Gasteiger partial charge is 0.231 e. The molecular formula is C15H16BrN3O3. The minimum Gasteiger partial charge on any atom is -0.486 e. The number of benzene rings is 1. The van der Waals surface area contributed by atoms with Crippen molar-refractivity contribution in [1.29, 1.82) is 0 Å². The summed E-state index contributed by atoms with van der Waals surface area (Å²) in [7, 11) is 3.56. The third-order valence-corrected chi connectivity index (χ3v) is 4.24. The van der Waals surface area contributed by atoms with E-state index in [2.05, 4.69) is 21.0 Å². The van der Waals surface area contributed by atoms with Crippen LogP contribution < -0.4 is 14.4 Å². The molecule has 0 N–H and O–H groups in total. The van der Waals surface area contributed by atoms with Gasteiger partial charge in [-0.05, 0) is 17.7 Å². The van der Waals surface area contributed by atoms with Gasteiger partial charge >= 0.3 is 0 Å². The van der Waals surface area contributed by atoms with Crippen molar-refractivity contribution in [3.63, 3.8) is 0 Å². The molecule has 1 amide bonds. The average molecular weight is 366 g/mol. The summed E-state index contributed by atoms with van der Waals surface area (Å²) in [5, 5.41) is 4.08. The Kier molecular flexibility index (Phi) is 4.06. The summed E-state index contributed by atoms with van der Waals surface area (Å²) in [4.78, 5) is 14.0. The first kappa shape index (κ1) is 14.9. The predicted molar refractivity (Wildman–Crippen MR) is 85.5 cm³/mol. The van der Waals surface area contributed by atoms with Gasteiger partial charge in [0.1, 0.15) is 13.2 Å². The Morgan fingerprint density at radius 1 is 1.36 bits per heavy atom. The molecule has 0 saturated heterocycles. The van der Waals surface area contributed by atoms with Crippen molar-refractivity contribution in [1.82, 2.24) is 9.78 Å². The molecule has 0 bridgehead atoms. The van der Waals surface area contributed by atoms with Gasteiger partial charge in [-0.2, -0.15) is 5.10 Å². The SMILES string of the molecule is CN(C(=O)Cc1cc2c(cc1Br)OCCO2)c1cnn(C)c1. The molecule has 0 atom stereocenters. The normalized spacial score (nSPS) is 13.0. The van der Waals surface area contributed by atoms with Crippen molar-refractivity contribution in [2.75, 3.05) is 25.2 Å². The number of aryl methyl sites for hydroxylation is 1. The number of likely N-dealkylation sites (N-methyl/N-ethyl adjacent to an activating group) is 1. The molecule has 22 heavy (non-hydrogen) atoms. The van der Waals surface area contributed by atoms with Crippen LogP contribution in [0.4, 0.5) is 5.69 Å². The lowest BCUT2D eigenvalue weighted by Gasteiger charge is -2.20. The van der Waals surface area contributed by atoms with E-state index >= 15 is 0 Å². The zero-order valence-electron chi connectivity index (χ0n) is 12.4. The van der Waals surface area contributed by atoms with Gasteiger partial charge in [-0.1, -0.05) is 15.9 Å². The molecule has 2 aromatic rings. The Balaban J connectivity index is 1.79. The maximum absolute atomic E-state index is 12.4. The van der Waals surface area contributed by atoms with E-state index in [1.807, 2.05) is 19.2 Å². The molecular weight excluding hydrogens is 350 g/mol. The highest BCUT2D eigenvalue weighted by Gasteiger charge is 2.19. The lowest BCUT2D eigenvalue weighted by atomic mass is 10.1. The van der Waals surface area contributed by atoms with Crippen LogP contribution in [0.25, 0.3) is 0 Å². The standard InChI is InChI=1S/C15H16BrN3O3/c1-18-9-11(8-17-18)19(2)15(20)6-10-5-13-14(7-12(10)16)22-4-3-21-13/h5,7-9H,3-4,6H2,1-2H3. The Bertz CT molecular complexity index is 714. The molecule has 1 aromatic carbocycles. The molecule has 0 saturated carbocycles. The highest BCUT2D eigenvalue weighted by atomic mass is 79.9. The predicted octanol–water partition coefficient (Wildman–Crippen LogP) is 2.16. The second kappa shape index (κ2) is 6.00. The molecule has 0 unspecified atom stereocenters. The fourth-order valence-electron chi connectivity index (χ4n) is 2.25. The first-order valence-corrected chi connectivity index (χ1v) is 7.67. The van der Waals surface area contributed by atoms with Gasteiger partial charge in [0, 0.05) is 24.8 Å². The zero-order chi connectivity index (χ0) is 15.7. The van der Waals surface area contributed by atoms with Gasteiger partial charge in [-0.15, -0.1) is 0 Å². The van der Waals surface area contributed by atoms with Crippen molar-refractivity contribution in [3.05, 3.63) is 34.6 Å². The average Bonchev–Trinajstić information content (AvgIpc) is 2.93. The summed E-state index contributed by atoms with van der Waals surface area (Å²) in [5.41, 5.74) is 1.63. The van der Waals surface area contributed by atoms with E-state index < -0.39 is 0 Å². The summed E-state index contributed by atoms with van der Waals surface area (Å²) in [6, 6.07) is 3.70. The zero-order valence-corrected chi connectivity index (χ0v) is 14.0. The van der Waals surface area contributed by atoms with E-state index in [-0.39, 0.29) is 12.3 Å².